The first-order valence-corrected chi connectivity index (χ1v) is 11.7. The summed E-state index contributed by atoms with van der Waals surface area (Å²) in [5, 5.41) is 3.26. The van der Waals surface area contributed by atoms with Gasteiger partial charge in [0.2, 0.25) is 12.7 Å². The number of carbonyl (C=O) groups excluding carboxylic acids is 1. The number of ether oxygens (including phenoxy) is 3. The number of amides is 1. The van der Waals surface area contributed by atoms with Crippen molar-refractivity contribution < 1.29 is 19.0 Å². The van der Waals surface area contributed by atoms with Gasteiger partial charge in [-0.15, -0.1) is 0 Å². The van der Waals surface area contributed by atoms with Gasteiger partial charge in [0, 0.05) is 18.7 Å². The molecule has 1 aromatic heterocycles. The Morgan fingerprint density at radius 3 is 2.62 bits per heavy atom. The van der Waals surface area contributed by atoms with E-state index in [1.165, 1.54) is 5.56 Å². The highest BCUT2D eigenvalue weighted by Crippen LogP contribution is 2.35. The second kappa shape index (κ2) is 10.1. The van der Waals surface area contributed by atoms with Crippen molar-refractivity contribution in [3.8, 4) is 17.2 Å². The average Bonchev–Trinajstić information content (AvgIpc) is 3.36. The number of hydrogen-bond donors (Lipinski definition) is 1. The summed E-state index contributed by atoms with van der Waals surface area (Å²) < 4.78 is 16.2. The number of piperidine rings is 1. The maximum Gasteiger partial charge on any atom is 0.231 e. The van der Waals surface area contributed by atoms with E-state index in [0.29, 0.717) is 5.75 Å². The average molecular weight is 460 g/mol. The minimum atomic E-state index is -0.347. The van der Waals surface area contributed by atoms with Crippen LogP contribution in [0.15, 0.2) is 66.9 Å². The molecule has 2 aromatic carbocycles. The highest BCUT2D eigenvalue weighted by atomic mass is 16.7. The molecule has 7 heteroatoms. The van der Waals surface area contributed by atoms with Crippen molar-refractivity contribution in [1.82, 2.24) is 15.2 Å². The van der Waals surface area contributed by atoms with Crippen LogP contribution in [0.25, 0.3) is 0 Å². The van der Waals surface area contributed by atoms with Gasteiger partial charge in [-0.05, 0) is 73.5 Å². The standard InChI is InChI=1S/C27H29N3O4/c1-32-22-8-5-19(6-9-22)17-30-14-11-20(12-15-30)27(31)29-26(23-4-2-3-13-28-23)21-7-10-24-25(16-21)34-18-33-24/h2-10,13,16,20,26H,11-12,14-15,17-18H2,1H3,(H,29,31). The topological polar surface area (TPSA) is 72.9 Å². The molecule has 1 fully saturated rings. The number of nitrogens with zero attached hydrogens (tertiary/aromatic N) is 2. The van der Waals surface area contributed by atoms with E-state index in [4.69, 9.17) is 14.2 Å². The van der Waals surface area contributed by atoms with Crippen LogP contribution in [0.1, 0.15) is 35.7 Å². The third-order valence-corrected chi connectivity index (χ3v) is 6.52. The number of aromatic nitrogens is 1. The van der Waals surface area contributed by atoms with Crippen molar-refractivity contribution in [2.75, 3.05) is 27.0 Å². The third-order valence-electron chi connectivity index (χ3n) is 6.52. The number of rotatable bonds is 7. The lowest BCUT2D eigenvalue weighted by atomic mass is 9.94. The van der Waals surface area contributed by atoms with Crippen LogP contribution in [-0.2, 0) is 11.3 Å². The predicted octanol–water partition coefficient (Wildman–Crippen LogP) is 3.94. The molecule has 1 atom stereocenters. The number of fused-ring (bicyclic) bond motifs is 1. The zero-order valence-electron chi connectivity index (χ0n) is 19.3. The fourth-order valence-electron chi connectivity index (χ4n) is 4.57. The largest absolute Gasteiger partial charge is 0.497 e. The van der Waals surface area contributed by atoms with Gasteiger partial charge in [-0.3, -0.25) is 14.7 Å². The quantitative estimate of drug-likeness (QED) is 0.577. The monoisotopic (exact) mass is 459 g/mol. The fraction of sp³-hybridized carbons (Fsp3) is 0.333. The van der Waals surface area contributed by atoms with E-state index in [1.807, 2.05) is 48.5 Å². The molecule has 34 heavy (non-hydrogen) atoms. The summed E-state index contributed by atoms with van der Waals surface area (Å²) in [6.07, 6.45) is 3.41. The molecular formula is C27H29N3O4. The van der Waals surface area contributed by atoms with Gasteiger partial charge in [-0.1, -0.05) is 24.3 Å². The van der Waals surface area contributed by atoms with Crippen molar-refractivity contribution >= 4 is 5.91 Å². The summed E-state index contributed by atoms with van der Waals surface area (Å²) in [5.74, 6) is 2.33. The number of carbonyl (C=O) groups is 1. The first kappa shape index (κ1) is 22.2. The lowest BCUT2D eigenvalue weighted by Crippen LogP contribution is -2.41. The molecular weight excluding hydrogens is 430 g/mol. The third kappa shape index (κ3) is 4.99. The van der Waals surface area contributed by atoms with Crippen molar-refractivity contribution in [3.05, 3.63) is 83.7 Å². The molecule has 2 aliphatic heterocycles. The van der Waals surface area contributed by atoms with E-state index in [0.717, 1.165) is 55.2 Å². The summed E-state index contributed by atoms with van der Waals surface area (Å²) in [6, 6.07) is 19.4. The van der Waals surface area contributed by atoms with Gasteiger partial charge in [0.15, 0.2) is 11.5 Å². The van der Waals surface area contributed by atoms with Crippen LogP contribution in [0.2, 0.25) is 0 Å². The second-order valence-corrected chi connectivity index (χ2v) is 8.71. The molecule has 0 saturated carbocycles. The maximum atomic E-state index is 13.3. The molecule has 0 spiro atoms. The lowest BCUT2D eigenvalue weighted by Gasteiger charge is -2.32. The molecule has 0 radical (unpaired) electrons. The molecule has 1 amide bonds. The normalized spacial score (nSPS) is 16.7. The predicted molar refractivity (Wildman–Crippen MR) is 128 cm³/mol. The van der Waals surface area contributed by atoms with E-state index in [1.54, 1.807) is 13.3 Å². The number of pyridine rings is 1. The molecule has 1 saturated heterocycles. The van der Waals surface area contributed by atoms with E-state index in [9.17, 15) is 4.79 Å². The molecule has 2 aliphatic rings. The fourth-order valence-corrected chi connectivity index (χ4v) is 4.57. The van der Waals surface area contributed by atoms with Gasteiger partial charge < -0.3 is 19.5 Å². The lowest BCUT2D eigenvalue weighted by molar-refractivity contribution is -0.127. The first-order chi connectivity index (χ1) is 16.7. The Balaban J connectivity index is 1.23. The minimum absolute atomic E-state index is 0.0210. The molecule has 5 rings (SSSR count). The van der Waals surface area contributed by atoms with Crippen LogP contribution in [0, 0.1) is 5.92 Å². The number of benzene rings is 2. The van der Waals surface area contributed by atoms with Crippen molar-refractivity contribution in [2.45, 2.75) is 25.4 Å². The molecule has 7 nitrogen and oxygen atoms in total. The van der Waals surface area contributed by atoms with Crippen LogP contribution in [0.5, 0.6) is 17.2 Å². The number of hydrogen-bond acceptors (Lipinski definition) is 6. The van der Waals surface area contributed by atoms with Crippen molar-refractivity contribution in [1.29, 1.82) is 0 Å². The first-order valence-electron chi connectivity index (χ1n) is 11.7. The second-order valence-electron chi connectivity index (χ2n) is 8.71. The van der Waals surface area contributed by atoms with Gasteiger partial charge in [-0.25, -0.2) is 0 Å². The summed E-state index contributed by atoms with van der Waals surface area (Å²) in [5.41, 5.74) is 2.97. The van der Waals surface area contributed by atoms with Crippen LogP contribution in [0.4, 0.5) is 0 Å². The Bertz CT molecular complexity index is 1110. The Labute approximate surface area is 199 Å². The maximum absolute atomic E-state index is 13.3. The zero-order chi connectivity index (χ0) is 23.3. The van der Waals surface area contributed by atoms with Crippen LogP contribution in [-0.4, -0.2) is 42.8 Å². The number of likely N-dealkylation sites (tertiary alicyclic amines) is 1. The molecule has 0 aliphatic carbocycles. The highest BCUT2D eigenvalue weighted by Gasteiger charge is 2.28. The van der Waals surface area contributed by atoms with Gasteiger partial charge >= 0.3 is 0 Å². The van der Waals surface area contributed by atoms with E-state index < -0.39 is 0 Å². The van der Waals surface area contributed by atoms with Gasteiger partial charge in [0.1, 0.15) is 5.75 Å². The van der Waals surface area contributed by atoms with Gasteiger partial charge in [0.25, 0.3) is 0 Å². The smallest absolute Gasteiger partial charge is 0.231 e. The van der Waals surface area contributed by atoms with Gasteiger partial charge in [0.05, 0.1) is 18.8 Å². The van der Waals surface area contributed by atoms with Crippen LogP contribution in [0.3, 0.4) is 0 Å². The van der Waals surface area contributed by atoms with Gasteiger partial charge in [-0.2, -0.15) is 0 Å². The molecule has 3 heterocycles. The number of methoxy groups -OCH3 is 1. The molecule has 1 unspecified atom stereocenters. The Morgan fingerprint density at radius 2 is 1.88 bits per heavy atom. The molecule has 1 N–H and O–H groups in total. The zero-order valence-corrected chi connectivity index (χ0v) is 19.3. The van der Waals surface area contributed by atoms with E-state index >= 15 is 0 Å². The highest BCUT2D eigenvalue weighted by molar-refractivity contribution is 5.79. The summed E-state index contributed by atoms with van der Waals surface area (Å²) in [4.78, 5) is 20.2. The van der Waals surface area contributed by atoms with E-state index in [-0.39, 0.29) is 24.7 Å². The van der Waals surface area contributed by atoms with E-state index in [2.05, 4.69) is 27.3 Å². The SMILES string of the molecule is COc1ccc(CN2CCC(C(=O)NC(c3ccc4c(c3)OCO4)c3ccccn3)CC2)cc1. The molecule has 3 aromatic rings. The summed E-state index contributed by atoms with van der Waals surface area (Å²) >= 11 is 0. The van der Waals surface area contributed by atoms with Crippen LogP contribution < -0.4 is 19.5 Å². The molecule has 176 valence electrons. The van der Waals surface area contributed by atoms with Crippen molar-refractivity contribution in [3.63, 3.8) is 0 Å². The Morgan fingerprint density at radius 1 is 1.09 bits per heavy atom. The summed E-state index contributed by atoms with van der Waals surface area (Å²) in [7, 11) is 1.68. The Hall–Kier alpha value is -3.58. The minimum Gasteiger partial charge on any atom is -0.497 e. The Kier molecular flexibility index (Phi) is 6.62. The summed E-state index contributed by atoms with van der Waals surface area (Å²) in [6.45, 7) is 2.88. The number of nitrogens with one attached hydrogen (secondary N) is 1. The van der Waals surface area contributed by atoms with Crippen LogP contribution >= 0.6 is 0 Å². The van der Waals surface area contributed by atoms with Crippen molar-refractivity contribution in [2.24, 2.45) is 5.92 Å². The molecule has 0 bridgehead atoms.